The first-order chi connectivity index (χ1) is 19.1. The van der Waals surface area contributed by atoms with Crippen LogP contribution in [0.1, 0.15) is 44.5 Å². The predicted octanol–water partition coefficient (Wildman–Crippen LogP) is 9.50. The third-order valence-corrected chi connectivity index (χ3v) is 11.4. The van der Waals surface area contributed by atoms with E-state index in [9.17, 15) is 0 Å². The quantitative estimate of drug-likeness (QED) is 0.154. The largest absolute Gasteiger partial charge is 0.335 e. The molecule has 1 aromatic heterocycles. The monoisotopic (exact) mass is 591 g/mol. The van der Waals surface area contributed by atoms with Crippen molar-refractivity contribution in [3.63, 3.8) is 0 Å². The van der Waals surface area contributed by atoms with Crippen molar-refractivity contribution in [2.24, 2.45) is 5.92 Å². The molecule has 1 aliphatic heterocycles. The summed E-state index contributed by atoms with van der Waals surface area (Å²) in [5, 5.41) is 2.70. The summed E-state index contributed by atoms with van der Waals surface area (Å²) in [6, 6.07) is 13.5. The summed E-state index contributed by atoms with van der Waals surface area (Å²) in [6.45, 7) is 6.45. The topological polar surface area (TPSA) is 16.4 Å². The van der Waals surface area contributed by atoms with Crippen LogP contribution >= 0.6 is 46.9 Å². The normalized spacial score (nSPS) is 20.9. The van der Waals surface area contributed by atoms with Gasteiger partial charge in [0.1, 0.15) is 11.2 Å². The molecule has 3 aliphatic rings. The van der Waals surface area contributed by atoms with Crippen LogP contribution in [0.2, 0.25) is 0 Å². The van der Waals surface area contributed by atoms with Gasteiger partial charge in [0.2, 0.25) is 5.52 Å². The van der Waals surface area contributed by atoms with E-state index in [0.29, 0.717) is 5.92 Å². The molecular weight excluding hydrogens is 557 g/mol. The minimum Gasteiger partial charge on any atom is -0.335 e. The van der Waals surface area contributed by atoms with Crippen molar-refractivity contribution in [1.29, 1.82) is 0 Å². The molecule has 1 unspecified atom stereocenters. The fraction of sp³-hybridized carbons (Fsp3) is 0.344. The van der Waals surface area contributed by atoms with Crippen molar-refractivity contribution in [2.75, 3.05) is 24.8 Å². The SMILES string of the molecule is CCN1/C(=C/C2=CC3=C/C(=C/c4sc5ccc(SC)cc5[n+]4CC)CCC3CC2)Sc2ccc(SOC)cc21. The van der Waals surface area contributed by atoms with Crippen LogP contribution in [0.5, 0.6) is 0 Å². The lowest BCUT2D eigenvalue weighted by atomic mass is 9.77. The second kappa shape index (κ2) is 11.9. The molecule has 0 spiro atoms. The van der Waals surface area contributed by atoms with Crippen LogP contribution in [0, 0.1) is 5.92 Å². The molecule has 7 heteroatoms. The fourth-order valence-electron chi connectivity index (χ4n) is 5.86. The molecule has 0 saturated heterocycles. The van der Waals surface area contributed by atoms with Gasteiger partial charge in [-0.05, 0) is 105 Å². The molecular formula is C32H35N2OS4+. The van der Waals surface area contributed by atoms with Gasteiger partial charge in [0.25, 0.3) is 5.01 Å². The number of fused-ring (bicyclic) bond motifs is 3. The Morgan fingerprint density at radius 3 is 2.69 bits per heavy atom. The number of thiazole rings is 1. The first-order valence-corrected chi connectivity index (χ1v) is 17.3. The maximum atomic E-state index is 5.29. The van der Waals surface area contributed by atoms with E-state index < -0.39 is 0 Å². The lowest BCUT2D eigenvalue weighted by molar-refractivity contribution is -0.665. The molecule has 0 radical (unpaired) electrons. The molecule has 2 aliphatic carbocycles. The number of benzene rings is 2. The standard InChI is InChI=1S/C32H35N2OS4/c1-5-33-27-19-25(36-4)11-13-29(27)37-31(33)17-21-7-9-23-10-8-22(16-24(23)15-21)18-32-34(6-2)28-20-26(39-35-3)12-14-30(28)38-32/h11-20,23H,5-10H2,1-4H3/q+1. The third kappa shape index (κ3) is 5.53. The van der Waals surface area contributed by atoms with Gasteiger partial charge in [-0.1, -0.05) is 35.3 Å². The smallest absolute Gasteiger partial charge is 0.263 e. The van der Waals surface area contributed by atoms with Gasteiger partial charge in [-0.15, -0.1) is 11.8 Å². The van der Waals surface area contributed by atoms with Gasteiger partial charge in [0, 0.05) is 45.4 Å². The van der Waals surface area contributed by atoms with E-state index >= 15 is 0 Å². The van der Waals surface area contributed by atoms with E-state index in [0.717, 1.165) is 24.4 Å². The number of aromatic nitrogens is 1. The molecule has 3 aromatic rings. The molecule has 1 atom stereocenters. The Balaban J connectivity index is 1.29. The molecule has 2 heterocycles. The average molecular weight is 592 g/mol. The molecule has 0 amide bonds. The average Bonchev–Trinajstić information content (AvgIpc) is 3.48. The zero-order chi connectivity index (χ0) is 26.9. The summed E-state index contributed by atoms with van der Waals surface area (Å²) in [7, 11) is 1.73. The highest BCUT2D eigenvalue weighted by molar-refractivity contribution is 8.03. The molecule has 39 heavy (non-hydrogen) atoms. The Hall–Kier alpha value is -1.90. The Labute approximate surface area is 249 Å². The van der Waals surface area contributed by atoms with Crippen LogP contribution in [-0.4, -0.2) is 19.9 Å². The van der Waals surface area contributed by atoms with Crippen molar-refractivity contribution < 1.29 is 8.75 Å². The second-order valence-electron chi connectivity index (χ2n) is 10.1. The van der Waals surface area contributed by atoms with Gasteiger partial charge in [0.15, 0.2) is 0 Å². The summed E-state index contributed by atoms with van der Waals surface area (Å²) < 4.78 is 9.15. The fourth-order valence-corrected chi connectivity index (χ4v) is 9.13. The summed E-state index contributed by atoms with van der Waals surface area (Å²) in [6.07, 6.45) is 16.9. The zero-order valence-electron chi connectivity index (χ0n) is 23.0. The highest BCUT2D eigenvalue weighted by Gasteiger charge is 2.27. The lowest BCUT2D eigenvalue weighted by Gasteiger charge is -2.28. The molecule has 6 rings (SSSR count). The molecule has 2 aromatic carbocycles. The highest BCUT2D eigenvalue weighted by Crippen LogP contribution is 2.48. The van der Waals surface area contributed by atoms with E-state index in [2.05, 4.69) is 90.3 Å². The summed E-state index contributed by atoms with van der Waals surface area (Å²) in [5.41, 5.74) is 7.09. The lowest BCUT2D eigenvalue weighted by Crippen LogP contribution is -2.33. The van der Waals surface area contributed by atoms with E-state index in [1.54, 1.807) is 7.11 Å². The van der Waals surface area contributed by atoms with Crippen molar-refractivity contribution >= 4 is 68.9 Å². The Morgan fingerprint density at radius 1 is 1.05 bits per heavy atom. The predicted molar refractivity (Wildman–Crippen MR) is 172 cm³/mol. The van der Waals surface area contributed by atoms with Gasteiger partial charge in [0.05, 0.1) is 17.8 Å². The summed E-state index contributed by atoms with van der Waals surface area (Å²) in [5.74, 6) is 0.693. The maximum Gasteiger partial charge on any atom is 0.263 e. The van der Waals surface area contributed by atoms with Crippen molar-refractivity contribution in [3.05, 3.63) is 81.4 Å². The Kier molecular flexibility index (Phi) is 8.33. The minimum absolute atomic E-state index is 0.693. The number of rotatable bonds is 7. The van der Waals surface area contributed by atoms with Crippen LogP contribution in [0.4, 0.5) is 5.69 Å². The van der Waals surface area contributed by atoms with E-state index in [1.807, 2.05) is 34.9 Å². The summed E-state index contributed by atoms with van der Waals surface area (Å²) >= 11 is 7.05. The zero-order valence-corrected chi connectivity index (χ0v) is 26.3. The third-order valence-electron chi connectivity index (χ3n) is 7.81. The van der Waals surface area contributed by atoms with E-state index in [-0.39, 0.29) is 0 Å². The van der Waals surface area contributed by atoms with Gasteiger partial charge in [-0.3, -0.25) is 0 Å². The second-order valence-corrected chi connectivity index (χ2v) is 14.1. The van der Waals surface area contributed by atoms with Crippen molar-refractivity contribution in [2.45, 2.75) is 60.8 Å². The number of thioether (sulfide) groups is 2. The minimum atomic E-state index is 0.693. The van der Waals surface area contributed by atoms with Crippen LogP contribution in [0.15, 0.2) is 91.1 Å². The van der Waals surface area contributed by atoms with Gasteiger partial charge in [-0.25, -0.2) is 0 Å². The number of aryl methyl sites for hydroxylation is 1. The molecule has 3 nitrogen and oxygen atoms in total. The van der Waals surface area contributed by atoms with Gasteiger partial charge < -0.3 is 9.08 Å². The molecule has 0 N–H and O–H groups in total. The molecule has 0 fully saturated rings. The first-order valence-electron chi connectivity index (χ1n) is 13.7. The van der Waals surface area contributed by atoms with Crippen molar-refractivity contribution in [1.82, 2.24) is 0 Å². The number of hydrogen-bond acceptors (Lipinski definition) is 6. The van der Waals surface area contributed by atoms with Crippen LogP contribution in [-0.2, 0) is 10.7 Å². The van der Waals surface area contributed by atoms with Gasteiger partial charge >= 0.3 is 0 Å². The number of allylic oxidation sites excluding steroid dienone is 6. The van der Waals surface area contributed by atoms with E-state index in [4.69, 9.17) is 4.18 Å². The molecule has 0 saturated carbocycles. The maximum absolute atomic E-state index is 5.29. The number of anilines is 1. The Morgan fingerprint density at radius 2 is 1.90 bits per heavy atom. The van der Waals surface area contributed by atoms with E-state index in [1.165, 1.54) is 83.8 Å². The highest BCUT2D eigenvalue weighted by atomic mass is 32.2. The first kappa shape index (κ1) is 27.3. The summed E-state index contributed by atoms with van der Waals surface area (Å²) in [4.78, 5) is 6.26. The van der Waals surface area contributed by atoms with Crippen molar-refractivity contribution in [3.8, 4) is 0 Å². The van der Waals surface area contributed by atoms with Crippen LogP contribution in [0.25, 0.3) is 16.3 Å². The Bertz CT molecular complexity index is 1530. The molecule has 202 valence electrons. The molecule has 0 bridgehead atoms. The van der Waals surface area contributed by atoms with Gasteiger partial charge in [-0.2, -0.15) is 4.57 Å². The number of nitrogens with zero attached hydrogens (tertiary/aromatic N) is 2. The van der Waals surface area contributed by atoms with Crippen LogP contribution in [0.3, 0.4) is 0 Å². The number of hydrogen-bond donors (Lipinski definition) is 0. The van der Waals surface area contributed by atoms with Crippen LogP contribution < -0.4 is 9.47 Å².